The molecule has 9 heteroatoms. The molecule has 1 amide bonds. The maximum Gasteiger partial charge on any atom is 0.256 e. The zero-order valence-corrected chi connectivity index (χ0v) is 15.8. The fraction of sp³-hybridized carbons (Fsp3) is 0.0476. The maximum atomic E-state index is 13.4. The Labute approximate surface area is 170 Å². The highest BCUT2D eigenvalue weighted by atomic mass is 19.1. The van der Waals surface area contributed by atoms with Gasteiger partial charge < -0.3 is 10.6 Å². The molecule has 0 spiro atoms. The van der Waals surface area contributed by atoms with Gasteiger partial charge in [-0.05, 0) is 49.4 Å². The van der Waals surface area contributed by atoms with Gasteiger partial charge in [0.25, 0.3) is 5.91 Å². The minimum atomic E-state index is -0.701. The first-order valence-electron chi connectivity index (χ1n) is 8.97. The molecule has 2 aromatic carbocycles. The molecule has 0 radical (unpaired) electrons. The molecule has 0 aliphatic heterocycles. The highest BCUT2D eigenvalue weighted by Crippen LogP contribution is 2.23. The van der Waals surface area contributed by atoms with E-state index in [-0.39, 0.29) is 11.4 Å². The van der Waals surface area contributed by atoms with E-state index in [2.05, 4.69) is 31.0 Å². The van der Waals surface area contributed by atoms with Crippen molar-refractivity contribution < 1.29 is 13.6 Å². The smallest absolute Gasteiger partial charge is 0.256 e. The topological polar surface area (TPSA) is 95.6 Å². The molecule has 4 rings (SSSR count). The third-order valence-corrected chi connectivity index (χ3v) is 4.19. The quantitative estimate of drug-likeness (QED) is 0.455. The number of carbonyl (C=O) groups is 1. The van der Waals surface area contributed by atoms with Crippen molar-refractivity contribution in [2.75, 3.05) is 10.6 Å². The van der Waals surface area contributed by atoms with Crippen molar-refractivity contribution in [3.63, 3.8) is 0 Å². The monoisotopic (exact) mass is 406 g/mol. The van der Waals surface area contributed by atoms with E-state index in [0.29, 0.717) is 22.8 Å². The van der Waals surface area contributed by atoms with E-state index >= 15 is 0 Å². The lowest BCUT2D eigenvalue weighted by Gasteiger charge is -2.07. The molecule has 0 atom stereocenters. The molecular weight excluding hydrogens is 390 g/mol. The molecule has 30 heavy (non-hydrogen) atoms. The largest absolute Gasteiger partial charge is 0.339 e. The van der Waals surface area contributed by atoms with E-state index in [1.165, 1.54) is 18.2 Å². The SMILES string of the molecule is Cc1ccc(Nc2cccc(C(=O)Nc3cc(-c4cc(F)cc(F)c4)[nH]n3)c2)nn1. The van der Waals surface area contributed by atoms with Crippen LogP contribution in [-0.4, -0.2) is 26.3 Å². The number of benzene rings is 2. The standard InChI is InChI=1S/C21H16F2N6O/c1-12-5-6-19(28-26-12)24-17-4-2-3-13(9-17)21(30)25-20-11-18(27-29-20)14-7-15(22)10-16(23)8-14/h2-11H,1H3,(H,24,28)(H2,25,27,29,30). The summed E-state index contributed by atoms with van der Waals surface area (Å²) in [7, 11) is 0. The van der Waals surface area contributed by atoms with E-state index < -0.39 is 17.5 Å². The van der Waals surface area contributed by atoms with E-state index in [9.17, 15) is 13.6 Å². The van der Waals surface area contributed by atoms with Gasteiger partial charge in [-0.1, -0.05) is 6.07 Å². The van der Waals surface area contributed by atoms with Crippen molar-refractivity contribution in [1.29, 1.82) is 0 Å². The van der Waals surface area contributed by atoms with Gasteiger partial charge in [-0.25, -0.2) is 8.78 Å². The van der Waals surface area contributed by atoms with Gasteiger partial charge in [-0.15, -0.1) is 5.10 Å². The number of nitrogens with one attached hydrogen (secondary N) is 3. The highest BCUT2D eigenvalue weighted by Gasteiger charge is 2.11. The summed E-state index contributed by atoms with van der Waals surface area (Å²) in [5.41, 5.74) is 2.51. The maximum absolute atomic E-state index is 13.4. The first-order chi connectivity index (χ1) is 14.5. The Hall–Kier alpha value is -4.14. The number of aryl methyl sites for hydroxylation is 1. The Morgan fingerprint density at radius 1 is 0.933 bits per heavy atom. The summed E-state index contributed by atoms with van der Waals surface area (Å²) in [6.45, 7) is 1.84. The number of carbonyl (C=O) groups excluding carboxylic acids is 1. The van der Waals surface area contributed by atoms with Crippen LogP contribution in [0.5, 0.6) is 0 Å². The van der Waals surface area contributed by atoms with Crippen molar-refractivity contribution >= 4 is 23.2 Å². The summed E-state index contributed by atoms with van der Waals surface area (Å²) in [5.74, 6) is -1.02. The van der Waals surface area contributed by atoms with Crippen LogP contribution in [0.4, 0.5) is 26.1 Å². The molecule has 0 fully saturated rings. The zero-order chi connectivity index (χ0) is 21.1. The van der Waals surface area contributed by atoms with Crippen LogP contribution >= 0.6 is 0 Å². The number of anilines is 3. The predicted octanol–water partition coefficient (Wildman–Crippen LogP) is 4.45. The zero-order valence-electron chi connectivity index (χ0n) is 15.8. The van der Waals surface area contributed by atoms with Crippen LogP contribution in [0.1, 0.15) is 16.1 Å². The van der Waals surface area contributed by atoms with Crippen LogP contribution in [0, 0.1) is 18.6 Å². The average Bonchev–Trinajstić information content (AvgIpc) is 3.18. The number of aromatic nitrogens is 4. The lowest BCUT2D eigenvalue weighted by atomic mass is 10.1. The summed E-state index contributed by atoms with van der Waals surface area (Å²) >= 11 is 0. The summed E-state index contributed by atoms with van der Waals surface area (Å²) in [6.07, 6.45) is 0. The number of halogens is 2. The Balaban J connectivity index is 1.48. The van der Waals surface area contributed by atoms with Gasteiger partial charge >= 0.3 is 0 Å². The van der Waals surface area contributed by atoms with Crippen LogP contribution in [0.2, 0.25) is 0 Å². The Bertz CT molecular complexity index is 1190. The van der Waals surface area contributed by atoms with Gasteiger partial charge in [0.15, 0.2) is 11.6 Å². The molecule has 7 nitrogen and oxygen atoms in total. The molecule has 0 unspecified atom stereocenters. The number of amides is 1. The predicted molar refractivity (Wildman–Crippen MR) is 108 cm³/mol. The minimum Gasteiger partial charge on any atom is -0.339 e. The van der Waals surface area contributed by atoms with Crippen molar-refractivity contribution in [1.82, 2.24) is 20.4 Å². The van der Waals surface area contributed by atoms with Crippen LogP contribution in [-0.2, 0) is 0 Å². The second-order valence-corrected chi connectivity index (χ2v) is 6.54. The van der Waals surface area contributed by atoms with Crippen LogP contribution in [0.15, 0.2) is 60.7 Å². The van der Waals surface area contributed by atoms with Gasteiger partial charge in [-0.3, -0.25) is 9.89 Å². The summed E-state index contributed by atoms with van der Waals surface area (Å²) in [5, 5.41) is 20.4. The highest BCUT2D eigenvalue weighted by molar-refractivity contribution is 6.04. The number of H-pyrrole nitrogens is 1. The second-order valence-electron chi connectivity index (χ2n) is 6.54. The second kappa shape index (κ2) is 8.08. The Kier molecular flexibility index (Phi) is 5.17. The fourth-order valence-corrected chi connectivity index (χ4v) is 2.78. The first-order valence-corrected chi connectivity index (χ1v) is 8.97. The van der Waals surface area contributed by atoms with Crippen LogP contribution in [0.3, 0.4) is 0 Å². The molecule has 3 N–H and O–H groups in total. The van der Waals surface area contributed by atoms with Gasteiger partial charge in [0.2, 0.25) is 0 Å². The van der Waals surface area contributed by atoms with E-state index in [0.717, 1.165) is 11.8 Å². The van der Waals surface area contributed by atoms with Gasteiger partial charge in [0.05, 0.1) is 11.4 Å². The Morgan fingerprint density at radius 3 is 2.47 bits per heavy atom. The molecule has 2 heterocycles. The lowest BCUT2D eigenvalue weighted by Crippen LogP contribution is -2.12. The minimum absolute atomic E-state index is 0.224. The van der Waals surface area contributed by atoms with Gasteiger partial charge in [0, 0.05) is 28.9 Å². The van der Waals surface area contributed by atoms with E-state index in [4.69, 9.17) is 0 Å². The average molecular weight is 406 g/mol. The lowest BCUT2D eigenvalue weighted by molar-refractivity contribution is 0.102. The van der Waals surface area contributed by atoms with E-state index in [1.54, 1.807) is 30.3 Å². The summed E-state index contributed by atoms with van der Waals surface area (Å²) < 4.78 is 26.8. The number of hydrogen-bond donors (Lipinski definition) is 3. The van der Waals surface area contributed by atoms with Crippen LogP contribution < -0.4 is 10.6 Å². The molecule has 150 valence electrons. The molecular formula is C21H16F2N6O. The van der Waals surface area contributed by atoms with Gasteiger partial charge in [0.1, 0.15) is 11.6 Å². The third-order valence-electron chi connectivity index (χ3n) is 4.19. The molecule has 4 aromatic rings. The Morgan fingerprint density at radius 2 is 1.73 bits per heavy atom. The van der Waals surface area contributed by atoms with Crippen molar-refractivity contribution in [3.05, 3.63) is 83.6 Å². The first kappa shape index (κ1) is 19.2. The van der Waals surface area contributed by atoms with Crippen molar-refractivity contribution in [2.24, 2.45) is 0 Å². The molecule has 0 saturated heterocycles. The molecule has 0 aliphatic carbocycles. The van der Waals surface area contributed by atoms with E-state index in [1.807, 2.05) is 13.0 Å². The fourth-order valence-electron chi connectivity index (χ4n) is 2.78. The normalized spacial score (nSPS) is 10.6. The van der Waals surface area contributed by atoms with Crippen molar-refractivity contribution in [2.45, 2.75) is 6.92 Å². The number of nitrogens with zero attached hydrogens (tertiary/aromatic N) is 3. The molecule has 0 saturated carbocycles. The summed E-state index contributed by atoms with van der Waals surface area (Å²) in [4.78, 5) is 12.6. The summed E-state index contributed by atoms with van der Waals surface area (Å²) in [6, 6.07) is 15.1. The number of rotatable bonds is 5. The molecule has 0 aliphatic rings. The molecule has 0 bridgehead atoms. The number of aromatic amines is 1. The third kappa shape index (κ3) is 4.46. The van der Waals surface area contributed by atoms with Crippen LogP contribution in [0.25, 0.3) is 11.3 Å². The molecule has 2 aromatic heterocycles. The van der Waals surface area contributed by atoms with Crippen molar-refractivity contribution in [3.8, 4) is 11.3 Å². The number of hydrogen-bond acceptors (Lipinski definition) is 5. The van der Waals surface area contributed by atoms with Gasteiger partial charge in [-0.2, -0.15) is 10.2 Å².